The van der Waals surface area contributed by atoms with E-state index in [1.807, 2.05) is 32.2 Å². The van der Waals surface area contributed by atoms with Gasteiger partial charge in [0, 0.05) is 42.5 Å². The molecular weight excluding hydrogens is 512 g/mol. The maximum atomic E-state index is 12.6. The molecule has 1 spiro atoms. The minimum Gasteiger partial charge on any atom is -0.490 e. The van der Waals surface area contributed by atoms with Crippen LogP contribution in [0.4, 0.5) is 5.69 Å². The van der Waals surface area contributed by atoms with Crippen molar-refractivity contribution < 1.29 is 19.7 Å². The van der Waals surface area contributed by atoms with Crippen molar-refractivity contribution in [3.8, 4) is 5.75 Å². The van der Waals surface area contributed by atoms with E-state index in [9.17, 15) is 15.0 Å². The van der Waals surface area contributed by atoms with Crippen molar-refractivity contribution in [1.82, 2.24) is 4.90 Å². The quantitative estimate of drug-likeness (QED) is 0.437. The van der Waals surface area contributed by atoms with Crippen LogP contribution in [-0.4, -0.2) is 60.9 Å². The Labute approximate surface area is 237 Å². The fourth-order valence-electron chi connectivity index (χ4n) is 6.79. The Balaban J connectivity index is 1.57. The molecule has 3 atom stereocenters. The summed E-state index contributed by atoms with van der Waals surface area (Å²) in [6.45, 7) is 5.17. The number of hydrogen-bond donors (Lipinski definition) is 2. The monoisotopic (exact) mass is 552 g/mol. The number of ether oxygens (including phenoxy) is 1. The zero-order valence-corrected chi connectivity index (χ0v) is 23.9. The lowest BCUT2D eigenvalue weighted by molar-refractivity contribution is -0.166. The first-order valence-electron chi connectivity index (χ1n) is 14.3. The molecule has 1 aliphatic carbocycles. The number of likely N-dealkylation sites (N-methyl/N-ethyl adjacent to an activating group) is 1. The van der Waals surface area contributed by atoms with Gasteiger partial charge in [0.25, 0.3) is 0 Å². The second-order valence-corrected chi connectivity index (χ2v) is 12.3. The van der Waals surface area contributed by atoms with Crippen molar-refractivity contribution in [3.63, 3.8) is 0 Å². The fraction of sp³-hybridized carbons (Fsp3) is 0.531. The second-order valence-electron chi connectivity index (χ2n) is 11.8. The third kappa shape index (κ3) is 5.57. The predicted octanol–water partition coefficient (Wildman–Crippen LogP) is 5.78. The number of aliphatic hydroxyl groups is 1. The van der Waals surface area contributed by atoms with Gasteiger partial charge in [-0.2, -0.15) is 0 Å². The molecule has 39 heavy (non-hydrogen) atoms. The second kappa shape index (κ2) is 11.5. The lowest BCUT2D eigenvalue weighted by Gasteiger charge is -2.41. The molecular formula is C32H41ClN2O4. The number of benzene rings is 2. The summed E-state index contributed by atoms with van der Waals surface area (Å²) in [4.78, 5) is 17.1. The van der Waals surface area contributed by atoms with E-state index in [1.165, 1.54) is 11.1 Å². The van der Waals surface area contributed by atoms with Crippen molar-refractivity contribution in [2.24, 2.45) is 5.92 Å². The molecule has 0 saturated heterocycles. The van der Waals surface area contributed by atoms with Crippen LogP contribution in [0.3, 0.4) is 0 Å². The number of anilines is 1. The van der Waals surface area contributed by atoms with Gasteiger partial charge < -0.3 is 24.7 Å². The lowest BCUT2D eigenvalue weighted by Crippen LogP contribution is -2.47. The topological polar surface area (TPSA) is 73.2 Å². The fourth-order valence-corrected chi connectivity index (χ4v) is 6.99. The van der Waals surface area contributed by atoms with Crippen molar-refractivity contribution in [2.75, 3.05) is 44.7 Å². The van der Waals surface area contributed by atoms with E-state index in [0.29, 0.717) is 18.7 Å². The van der Waals surface area contributed by atoms with E-state index in [2.05, 4.69) is 34.1 Å². The molecule has 0 amide bonds. The van der Waals surface area contributed by atoms with E-state index in [1.54, 1.807) is 6.07 Å². The normalized spacial score (nSPS) is 29.2. The van der Waals surface area contributed by atoms with Crippen LogP contribution in [0.1, 0.15) is 62.1 Å². The number of hydrogen-bond acceptors (Lipinski definition) is 5. The smallest absolute Gasteiger partial charge is 0.340 e. The van der Waals surface area contributed by atoms with Gasteiger partial charge in [0.05, 0.1) is 12.3 Å². The summed E-state index contributed by atoms with van der Waals surface area (Å²) >= 11 is 6.37. The van der Waals surface area contributed by atoms with Gasteiger partial charge in [-0.05, 0) is 86.5 Å². The molecule has 2 N–H and O–H groups in total. The highest BCUT2D eigenvalue weighted by Crippen LogP contribution is 2.46. The Morgan fingerprint density at radius 2 is 1.95 bits per heavy atom. The Bertz CT molecular complexity index is 1230. The Kier molecular flexibility index (Phi) is 8.27. The summed E-state index contributed by atoms with van der Waals surface area (Å²) in [7, 11) is 1.97. The maximum absolute atomic E-state index is 12.6. The predicted molar refractivity (Wildman–Crippen MR) is 156 cm³/mol. The molecule has 2 aromatic rings. The van der Waals surface area contributed by atoms with Crippen LogP contribution in [0.5, 0.6) is 5.75 Å². The zero-order valence-electron chi connectivity index (χ0n) is 23.2. The molecule has 2 heterocycles. The van der Waals surface area contributed by atoms with Gasteiger partial charge in [-0.3, -0.25) is 0 Å². The van der Waals surface area contributed by atoms with Gasteiger partial charge in [0.1, 0.15) is 5.75 Å². The van der Waals surface area contributed by atoms with E-state index in [-0.39, 0.29) is 5.41 Å². The molecule has 0 radical (unpaired) electrons. The number of nitrogens with zero attached hydrogens (tertiary/aromatic N) is 2. The number of carbonyl (C=O) groups is 1. The van der Waals surface area contributed by atoms with Crippen LogP contribution in [0.25, 0.3) is 0 Å². The maximum Gasteiger partial charge on any atom is 0.340 e. The summed E-state index contributed by atoms with van der Waals surface area (Å²) in [5.41, 5.74) is 1.68. The van der Waals surface area contributed by atoms with Crippen LogP contribution in [0, 0.1) is 5.92 Å². The highest BCUT2D eigenvalue weighted by Gasteiger charge is 2.46. The van der Waals surface area contributed by atoms with E-state index >= 15 is 0 Å². The number of fused-ring (bicyclic) bond motifs is 3. The standard InChI is InChI=1S/C32H41ClN2O4/c1-23-20-34(2)16-7-5-3-4-6-8-17-35-21-31(15-9-10-24-18-26(33)12-13-27(24)31)22-39-29-14-11-25(19-28(29)35)32(23,38)30(36)37/h5,7,11-14,18-19,23,38H,3-4,6,8-10,15-17,20-22H2,1-2H3,(H,36,37)/b7-5-/t23-,31+,32-/m1/s1. The van der Waals surface area contributed by atoms with Crippen LogP contribution in [-0.2, 0) is 22.2 Å². The SMILES string of the molecule is C[C@@H]1CN(C)C/C=C\CCCCCN2C[C@@]3(CCCc4cc(Cl)ccc43)COc3ccc(cc32)[C@@]1(O)C(=O)O. The van der Waals surface area contributed by atoms with Crippen LogP contribution in [0.2, 0.25) is 5.02 Å². The Morgan fingerprint density at radius 1 is 1.10 bits per heavy atom. The largest absolute Gasteiger partial charge is 0.490 e. The highest BCUT2D eigenvalue weighted by atomic mass is 35.5. The van der Waals surface area contributed by atoms with Gasteiger partial charge in [-0.1, -0.05) is 49.2 Å². The number of rotatable bonds is 1. The Morgan fingerprint density at radius 3 is 2.77 bits per heavy atom. The van der Waals surface area contributed by atoms with Crippen molar-refractivity contribution in [1.29, 1.82) is 0 Å². The molecule has 2 bridgehead atoms. The molecule has 0 unspecified atom stereocenters. The summed E-state index contributed by atoms with van der Waals surface area (Å²) < 4.78 is 6.55. The molecule has 5 rings (SSSR count). The first-order valence-corrected chi connectivity index (χ1v) is 14.7. The minimum atomic E-state index is -2.02. The summed E-state index contributed by atoms with van der Waals surface area (Å²) in [6, 6.07) is 11.7. The van der Waals surface area contributed by atoms with Crippen molar-refractivity contribution in [3.05, 3.63) is 70.3 Å². The summed E-state index contributed by atoms with van der Waals surface area (Å²) in [5, 5.41) is 22.8. The molecule has 7 heteroatoms. The molecule has 2 aliphatic heterocycles. The molecule has 0 fully saturated rings. The Hall–Kier alpha value is -2.54. The van der Waals surface area contributed by atoms with E-state index < -0.39 is 17.5 Å². The first kappa shape index (κ1) is 28.0. The van der Waals surface area contributed by atoms with Gasteiger partial charge in [0.15, 0.2) is 5.60 Å². The number of carboxylic acid groups (broad SMARTS) is 1. The summed E-state index contributed by atoms with van der Waals surface area (Å²) in [6.07, 6.45) is 11.8. The molecule has 0 aromatic heterocycles. The van der Waals surface area contributed by atoms with Crippen molar-refractivity contribution >= 4 is 23.3 Å². The van der Waals surface area contributed by atoms with E-state index in [4.69, 9.17) is 16.3 Å². The van der Waals surface area contributed by atoms with Gasteiger partial charge in [0.2, 0.25) is 0 Å². The molecule has 210 valence electrons. The lowest BCUT2D eigenvalue weighted by atomic mass is 9.70. The number of aryl methyl sites for hydroxylation is 1. The third-order valence-corrected chi connectivity index (χ3v) is 9.22. The number of halogens is 1. The highest BCUT2D eigenvalue weighted by molar-refractivity contribution is 6.30. The van der Waals surface area contributed by atoms with Crippen LogP contribution in [0.15, 0.2) is 48.6 Å². The van der Waals surface area contributed by atoms with Gasteiger partial charge >= 0.3 is 5.97 Å². The molecule has 0 saturated carbocycles. The number of aliphatic carboxylic acids is 1. The first-order chi connectivity index (χ1) is 18.7. The van der Waals surface area contributed by atoms with Crippen LogP contribution < -0.4 is 9.64 Å². The molecule has 3 aliphatic rings. The average Bonchev–Trinajstić information content (AvgIpc) is 3.06. The minimum absolute atomic E-state index is 0.181. The van der Waals surface area contributed by atoms with Crippen molar-refractivity contribution in [2.45, 2.75) is 62.9 Å². The number of carboxylic acids is 1. The summed E-state index contributed by atoms with van der Waals surface area (Å²) in [5.74, 6) is -1.00. The third-order valence-electron chi connectivity index (χ3n) is 8.98. The molecule has 6 nitrogen and oxygen atoms in total. The zero-order chi connectivity index (χ0) is 27.6. The van der Waals surface area contributed by atoms with Gasteiger partial charge in [-0.25, -0.2) is 4.79 Å². The van der Waals surface area contributed by atoms with Crippen LogP contribution >= 0.6 is 11.6 Å². The average molecular weight is 553 g/mol. The number of allylic oxidation sites excluding steroid dienone is 1. The van der Waals surface area contributed by atoms with E-state index in [0.717, 1.165) is 81.0 Å². The molecule has 2 aromatic carbocycles. The van der Waals surface area contributed by atoms with Gasteiger partial charge in [-0.15, -0.1) is 0 Å².